The lowest BCUT2D eigenvalue weighted by Gasteiger charge is -2.11. The molecule has 122 valence electrons. The summed E-state index contributed by atoms with van der Waals surface area (Å²) in [6, 6.07) is 8.93. The number of nitrogens with zero attached hydrogens (tertiary/aromatic N) is 4. The number of pyridine rings is 1. The summed E-state index contributed by atoms with van der Waals surface area (Å²) in [7, 11) is 0. The Hall–Kier alpha value is -3.36. The minimum Gasteiger partial charge on any atom is -0.433 e. The Morgan fingerprint density at radius 3 is 2.83 bits per heavy atom. The molecule has 0 radical (unpaired) electrons. The smallest absolute Gasteiger partial charge is 0.387 e. The minimum absolute atomic E-state index is 0.119. The monoisotopic (exact) mass is 331 g/mol. The molecule has 0 aliphatic carbocycles. The fourth-order valence-electron chi connectivity index (χ4n) is 1.97. The molecule has 1 aromatic carbocycles. The van der Waals surface area contributed by atoms with Crippen LogP contribution in [0.2, 0.25) is 0 Å². The van der Waals surface area contributed by atoms with Crippen LogP contribution in [0.15, 0.2) is 55.2 Å². The van der Waals surface area contributed by atoms with Gasteiger partial charge in [-0.2, -0.15) is 13.9 Å². The molecule has 0 atom stereocenters. The zero-order chi connectivity index (χ0) is 16.9. The summed E-state index contributed by atoms with van der Waals surface area (Å²) in [6.45, 7) is -2.98. The summed E-state index contributed by atoms with van der Waals surface area (Å²) < 4.78 is 30.6. The third kappa shape index (κ3) is 3.51. The molecule has 1 N–H and O–H groups in total. The Bertz CT molecular complexity index is 839. The van der Waals surface area contributed by atoms with Gasteiger partial charge in [0.1, 0.15) is 18.4 Å². The molecule has 24 heavy (non-hydrogen) atoms. The fraction of sp³-hybridized carbons (Fsp3) is 0.0667. The van der Waals surface area contributed by atoms with Crippen LogP contribution in [0.3, 0.4) is 0 Å². The van der Waals surface area contributed by atoms with E-state index in [0.717, 1.165) is 0 Å². The number of benzene rings is 1. The number of halogens is 2. The van der Waals surface area contributed by atoms with Crippen LogP contribution >= 0.6 is 0 Å². The van der Waals surface area contributed by atoms with Crippen LogP contribution in [0.25, 0.3) is 5.82 Å². The molecule has 0 spiro atoms. The van der Waals surface area contributed by atoms with Gasteiger partial charge in [0.2, 0.25) is 0 Å². The molecule has 0 saturated carbocycles. The first kappa shape index (κ1) is 15.5. The van der Waals surface area contributed by atoms with Gasteiger partial charge in [0, 0.05) is 11.8 Å². The molecule has 2 heterocycles. The van der Waals surface area contributed by atoms with Crippen LogP contribution in [-0.2, 0) is 0 Å². The molecular formula is C15H11F2N5O2. The Morgan fingerprint density at radius 1 is 1.25 bits per heavy atom. The van der Waals surface area contributed by atoms with E-state index in [-0.39, 0.29) is 17.0 Å². The molecule has 9 heteroatoms. The molecule has 3 rings (SSSR count). The highest BCUT2D eigenvalue weighted by atomic mass is 19.3. The number of rotatable bonds is 5. The highest BCUT2D eigenvalue weighted by Crippen LogP contribution is 2.26. The zero-order valence-electron chi connectivity index (χ0n) is 12.1. The number of para-hydroxylation sites is 2. The van der Waals surface area contributed by atoms with E-state index in [2.05, 4.69) is 25.1 Å². The highest BCUT2D eigenvalue weighted by Gasteiger charge is 2.13. The normalized spacial score (nSPS) is 10.6. The maximum Gasteiger partial charge on any atom is 0.387 e. The summed E-state index contributed by atoms with van der Waals surface area (Å²) in [5.74, 6) is -0.215. The lowest BCUT2D eigenvalue weighted by Crippen LogP contribution is -2.14. The Balaban J connectivity index is 1.82. The number of hydrogen-bond donors (Lipinski definition) is 1. The van der Waals surface area contributed by atoms with Crippen molar-refractivity contribution in [2.75, 3.05) is 5.32 Å². The van der Waals surface area contributed by atoms with Crippen molar-refractivity contribution >= 4 is 11.6 Å². The first-order valence-electron chi connectivity index (χ1n) is 6.80. The molecule has 7 nitrogen and oxygen atoms in total. The molecule has 0 unspecified atom stereocenters. The summed E-state index contributed by atoms with van der Waals surface area (Å²) in [5, 5.41) is 6.46. The fourth-order valence-corrected chi connectivity index (χ4v) is 1.97. The molecule has 3 aromatic rings. The molecular weight excluding hydrogens is 320 g/mol. The van der Waals surface area contributed by atoms with Crippen molar-refractivity contribution in [3.8, 4) is 11.6 Å². The van der Waals surface area contributed by atoms with E-state index in [1.54, 1.807) is 6.07 Å². The average Bonchev–Trinajstić information content (AvgIpc) is 3.11. The van der Waals surface area contributed by atoms with Crippen molar-refractivity contribution in [1.82, 2.24) is 19.7 Å². The third-order valence-corrected chi connectivity index (χ3v) is 3.01. The van der Waals surface area contributed by atoms with Crippen molar-refractivity contribution in [3.63, 3.8) is 0 Å². The van der Waals surface area contributed by atoms with Crippen molar-refractivity contribution in [3.05, 3.63) is 60.8 Å². The number of carbonyl (C=O) groups excluding carboxylic acids is 1. The van der Waals surface area contributed by atoms with Crippen LogP contribution in [0, 0.1) is 0 Å². The average molecular weight is 331 g/mol. The predicted molar refractivity (Wildman–Crippen MR) is 80.2 cm³/mol. The number of hydrogen-bond acceptors (Lipinski definition) is 5. The highest BCUT2D eigenvalue weighted by molar-refractivity contribution is 6.05. The second kappa shape index (κ2) is 6.82. The largest absolute Gasteiger partial charge is 0.433 e. The zero-order valence-corrected chi connectivity index (χ0v) is 12.1. The van der Waals surface area contributed by atoms with Gasteiger partial charge in [0.25, 0.3) is 5.91 Å². The molecule has 0 fully saturated rings. The first-order chi connectivity index (χ1) is 11.6. The van der Waals surface area contributed by atoms with Crippen molar-refractivity contribution < 1.29 is 18.3 Å². The van der Waals surface area contributed by atoms with Crippen LogP contribution in [0.5, 0.6) is 5.75 Å². The molecule has 0 aliphatic heterocycles. The van der Waals surface area contributed by atoms with Crippen molar-refractivity contribution in [1.29, 1.82) is 0 Å². The maximum absolute atomic E-state index is 12.4. The number of amides is 1. The van der Waals surface area contributed by atoms with Gasteiger partial charge in [-0.25, -0.2) is 14.6 Å². The second-order valence-corrected chi connectivity index (χ2v) is 4.57. The van der Waals surface area contributed by atoms with Crippen LogP contribution < -0.4 is 10.1 Å². The van der Waals surface area contributed by atoms with Gasteiger partial charge in [-0.3, -0.25) is 4.79 Å². The van der Waals surface area contributed by atoms with Gasteiger partial charge >= 0.3 is 6.61 Å². The Morgan fingerprint density at radius 2 is 2.08 bits per heavy atom. The lowest BCUT2D eigenvalue weighted by molar-refractivity contribution is -0.0493. The van der Waals surface area contributed by atoms with E-state index >= 15 is 0 Å². The minimum atomic E-state index is -2.98. The number of alkyl halides is 2. The summed E-state index contributed by atoms with van der Waals surface area (Å²) in [6.07, 6.45) is 4.22. The standard InChI is InChI=1S/C15H11F2N5O2/c16-15(17)24-12-4-2-1-3-11(12)21-14(23)10-5-6-19-13(7-10)22-9-18-8-20-22/h1-9,15H,(H,21,23). The molecule has 0 aliphatic rings. The van der Waals surface area contributed by atoms with Gasteiger partial charge in [0.15, 0.2) is 5.82 Å². The second-order valence-electron chi connectivity index (χ2n) is 4.57. The number of nitrogens with one attached hydrogen (secondary N) is 1. The van der Waals surface area contributed by atoms with E-state index in [1.807, 2.05) is 0 Å². The molecule has 0 bridgehead atoms. The van der Waals surface area contributed by atoms with Gasteiger partial charge in [-0.05, 0) is 24.3 Å². The Labute approximate surface area is 134 Å². The number of aromatic nitrogens is 4. The van der Waals surface area contributed by atoms with Crippen LogP contribution in [-0.4, -0.2) is 32.3 Å². The summed E-state index contributed by atoms with van der Waals surface area (Å²) in [5.41, 5.74) is 0.421. The number of anilines is 1. The van der Waals surface area contributed by atoms with Gasteiger partial charge in [0.05, 0.1) is 5.69 Å². The molecule has 2 aromatic heterocycles. The molecule has 0 saturated heterocycles. The first-order valence-corrected chi connectivity index (χ1v) is 6.80. The quantitative estimate of drug-likeness (QED) is 0.777. The molecule has 1 amide bonds. The van der Waals surface area contributed by atoms with Crippen LogP contribution in [0.1, 0.15) is 10.4 Å². The van der Waals surface area contributed by atoms with Crippen molar-refractivity contribution in [2.45, 2.75) is 6.61 Å². The van der Waals surface area contributed by atoms with E-state index in [4.69, 9.17) is 0 Å². The van der Waals surface area contributed by atoms with E-state index in [1.165, 1.54) is 53.9 Å². The van der Waals surface area contributed by atoms with Crippen molar-refractivity contribution in [2.24, 2.45) is 0 Å². The summed E-state index contributed by atoms with van der Waals surface area (Å²) >= 11 is 0. The topological polar surface area (TPSA) is 81.9 Å². The predicted octanol–water partition coefficient (Wildman–Crippen LogP) is 2.52. The van der Waals surface area contributed by atoms with Gasteiger partial charge < -0.3 is 10.1 Å². The Kier molecular flexibility index (Phi) is 4.41. The third-order valence-electron chi connectivity index (χ3n) is 3.01. The number of ether oxygens (including phenoxy) is 1. The van der Waals surface area contributed by atoms with Gasteiger partial charge in [-0.1, -0.05) is 12.1 Å². The lowest BCUT2D eigenvalue weighted by atomic mass is 10.2. The van der Waals surface area contributed by atoms with E-state index < -0.39 is 12.5 Å². The van der Waals surface area contributed by atoms with Gasteiger partial charge in [-0.15, -0.1) is 0 Å². The maximum atomic E-state index is 12.4. The van der Waals surface area contributed by atoms with E-state index in [0.29, 0.717) is 5.82 Å². The summed E-state index contributed by atoms with van der Waals surface area (Å²) in [4.78, 5) is 20.2. The van der Waals surface area contributed by atoms with E-state index in [9.17, 15) is 13.6 Å². The number of carbonyl (C=O) groups is 1. The van der Waals surface area contributed by atoms with Crippen LogP contribution in [0.4, 0.5) is 14.5 Å². The SMILES string of the molecule is O=C(Nc1ccccc1OC(F)F)c1ccnc(-n2cncn2)c1.